The van der Waals surface area contributed by atoms with Gasteiger partial charge in [0.2, 0.25) is 5.91 Å². The molecule has 33 heavy (non-hydrogen) atoms. The van der Waals surface area contributed by atoms with Crippen molar-refractivity contribution in [3.05, 3.63) is 102 Å². The average molecular weight is 459 g/mol. The number of carbonyl (C=O) groups is 2. The Hall–Kier alpha value is -3.90. The van der Waals surface area contributed by atoms with E-state index in [-0.39, 0.29) is 18.4 Å². The van der Waals surface area contributed by atoms with Crippen molar-refractivity contribution in [1.82, 2.24) is 14.7 Å². The topological polar surface area (TPSA) is 67.2 Å². The summed E-state index contributed by atoms with van der Waals surface area (Å²) in [6, 6.07) is 27.9. The summed E-state index contributed by atoms with van der Waals surface area (Å²) < 4.78 is 1.69. The highest BCUT2D eigenvalue weighted by Gasteiger charge is 2.20. The van der Waals surface area contributed by atoms with Crippen LogP contribution in [-0.2, 0) is 4.79 Å². The highest BCUT2D eigenvalue weighted by molar-refractivity contribution is 6.31. The number of anilines is 1. The number of hydrogen-bond donors (Lipinski definition) is 1. The van der Waals surface area contributed by atoms with Gasteiger partial charge in [0.15, 0.2) is 0 Å². The molecule has 0 aliphatic rings. The molecule has 0 spiro atoms. The van der Waals surface area contributed by atoms with Gasteiger partial charge in [-0.05, 0) is 37.3 Å². The summed E-state index contributed by atoms with van der Waals surface area (Å²) in [4.78, 5) is 27.3. The summed E-state index contributed by atoms with van der Waals surface area (Å²) in [6.45, 7) is 2.12. The van der Waals surface area contributed by atoms with E-state index in [9.17, 15) is 9.59 Å². The Morgan fingerprint density at radius 2 is 1.64 bits per heavy atom. The van der Waals surface area contributed by atoms with E-state index in [1.54, 1.807) is 28.9 Å². The van der Waals surface area contributed by atoms with E-state index < -0.39 is 0 Å². The van der Waals surface area contributed by atoms with Crippen LogP contribution in [0, 0.1) is 0 Å². The predicted molar refractivity (Wildman–Crippen MR) is 131 cm³/mol. The van der Waals surface area contributed by atoms with Crippen LogP contribution in [0.1, 0.15) is 17.3 Å². The van der Waals surface area contributed by atoms with Gasteiger partial charge in [0, 0.05) is 28.8 Å². The van der Waals surface area contributed by atoms with Crippen molar-refractivity contribution in [3.63, 3.8) is 0 Å². The molecule has 0 atom stereocenters. The molecule has 166 valence electrons. The summed E-state index contributed by atoms with van der Waals surface area (Å²) >= 11 is 6.02. The number of rotatable bonds is 7. The Labute approximate surface area is 197 Å². The van der Waals surface area contributed by atoms with Crippen LogP contribution in [0.5, 0.6) is 0 Å². The van der Waals surface area contributed by atoms with E-state index >= 15 is 0 Å². The summed E-state index contributed by atoms with van der Waals surface area (Å²) in [6.07, 6.45) is 0. The predicted octanol–water partition coefficient (Wildman–Crippen LogP) is 5.29. The maximum atomic E-state index is 12.9. The third-order valence-corrected chi connectivity index (χ3v) is 5.36. The zero-order valence-corrected chi connectivity index (χ0v) is 18.9. The Balaban J connectivity index is 1.57. The van der Waals surface area contributed by atoms with Gasteiger partial charge in [-0.3, -0.25) is 9.59 Å². The second kappa shape index (κ2) is 10.1. The zero-order chi connectivity index (χ0) is 23.2. The molecule has 4 rings (SSSR count). The quantitative estimate of drug-likeness (QED) is 0.409. The van der Waals surface area contributed by atoms with Gasteiger partial charge in [-0.1, -0.05) is 66.2 Å². The number of hydrogen-bond acceptors (Lipinski definition) is 3. The SMILES string of the molecule is CCN(CC(=O)Nc1cc(-c2ccccc2)nn1-c1ccccc1)C(=O)c1cccc(Cl)c1. The maximum Gasteiger partial charge on any atom is 0.254 e. The molecule has 2 amide bonds. The summed E-state index contributed by atoms with van der Waals surface area (Å²) in [5, 5.41) is 8.10. The molecular weight excluding hydrogens is 436 g/mol. The van der Waals surface area contributed by atoms with E-state index in [0.29, 0.717) is 22.9 Å². The monoisotopic (exact) mass is 458 g/mol. The van der Waals surface area contributed by atoms with Gasteiger partial charge in [-0.25, -0.2) is 4.68 Å². The third kappa shape index (κ3) is 5.30. The number of nitrogens with one attached hydrogen (secondary N) is 1. The van der Waals surface area contributed by atoms with Crippen LogP contribution in [0.3, 0.4) is 0 Å². The molecule has 0 bridgehead atoms. The minimum Gasteiger partial charge on any atom is -0.330 e. The van der Waals surface area contributed by atoms with Crippen molar-refractivity contribution in [2.75, 3.05) is 18.4 Å². The molecule has 3 aromatic carbocycles. The normalized spacial score (nSPS) is 10.6. The molecule has 1 N–H and O–H groups in total. The van der Waals surface area contributed by atoms with E-state index in [1.165, 1.54) is 4.90 Å². The third-order valence-electron chi connectivity index (χ3n) is 5.12. The first-order valence-corrected chi connectivity index (χ1v) is 11.0. The number of para-hydroxylation sites is 1. The number of benzene rings is 3. The summed E-state index contributed by atoms with van der Waals surface area (Å²) in [5.74, 6) is -0.0445. The van der Waals surface area contributed by atoms with Crippen LogP contribution in [-0.4, -0.2) is 39.6 Å². The Bertz CT molecular complexity index is 1260. The van der Waals surface area contributed by atoms with E-state index in [2.05, 4.69) is 5.32 Å². The lowest BCUT2D eigenvalue weighted by Crippen LogP contribution is -2.38. The fourth-order valence-corrected chi connectivity index (χ4v) is 3.66. The lowest BCUT2D eigenvalue weighted by atomic mass is 10.1. The first-order valence-electron chi connectivity index (χ1n) is 10.6. The maximum absolute atomic E-state index is 12.9. The Kier molecular flexibility index (Phi) is 6.86. The molecule has 6 nitrogen and oxygen atoms in total. The van der Waals surface area contributed by atoms with Gasteiger partial charge in [0.25, 0.3) is 5.91 Å². The van der Waals surface area contributed by atoms with Crippen molar-refractivity contribution in [2.45, 2.75) is 6.92 Å². The lowest BCUT2D eigenvalue weighted by Gasteiger charge is -2.20. The van der Waals surface area contributed by atoms with Crippen molar-refractivity contribution >= 4 is 29.2 Å². The molecule has 0 aliphatic carbocycles. The second-order valence-corrected chi connectivity index (χ2v) is 7.84. The van der Waals surface area contributed by atoms with Crippen LogP contribution in [0.15, 0.2) is 91.0 Å². The number of halogens is 1. The largest absolute Gasteiger partial charge is 0.330 e. The first-order chi connectivity index (χ1) is 16.0. The molecule has 4 aromatic rings. The molecular formula is C26H23ClN4O2. The van der Waals surface area contributed by atoms with Gasteiger partial charge in [0.1, 0.15) is 12.4 Å². The minimum absolute atomic E-state index is 0.0948. The smallest absolute Gasteiger partial charge is 0.254 e. The molecule has 0 saturated heterocycles. The van der Waals surface area contributed by atoms with Gasteiger partial charge >= 0.3 is 0 Å². The molecule has 0 fully saturated rings. The highest BCUT2D eigenvalue weighted by atomic mass is 35.5. The van der Waals surface area contributed by atoms with Crippen molar-refractivity contribution < 1.29 is 9.59 Å². The molecule has 0 radical (unpaired) electrons. The fourth-order valence-electron chi connectivity index (χ4n) is 3.47. The number of nitrogens with zero attached hydrogens (tertiary/aromatic N) is 3. The van der Waals surface area contributed by atoms with Gasteiger partial charge < -0.3 is 10.2 Å². The number of likely N-dealkylation sites (N-methyl/N-ethyl adjacent to an activating group) is 1. The number of aromatic nitrogens is 2. The fraction of sp³-hybridized carbons (Fsp3) is 0.115. The molecule has 7 heteroatoms. The van der Waals surface area contributed by atoms with Gasteiger partial charge in [-0.2, -0.15) is 5.10 Å². The molecule has 0 aliphatic heterocycles. The molecule has 0 unspecified atom stereocenters. The molecule has 1 aromatic heterocycles. The molecule has 1 heterocycles. The summed E-state index contributed by atoms with van der Waals surface area (Å²) in [5.41, 5.74) is 2.93. The van der Waals surface area contributed by atoms with E-state index in [0.717, 1.165) is 16.9 Å². The highest BCUT2D eigenvalue weighted by Crippen LogP contribution is 2.24. The second-order valence-electron chi connectivity index (χ2n) is 7.41. The van der Waals surface area contributed by atoms with Crippen LogP contribution in [0.25, 0.3) is 16.9 Å². The zero-order valence-electron chi connectivity index (χ0n) is 18.1. The van der Waals surface area contributed by atoms with Gasteiger partial charge in [0.05, 0.1) is 11.4 Å². The van der Waals surface area contributed by atoms with Crippen LogP contribution in [0.2, 0.25) is 5.02 Å². The van der Waals surface area contributed by atoms with Gasteiger partial charge in [-0.15, -0.1) is 0 Å². The van der Waals surface area contributed by atoms with Crippen LogP contribution < -0.4 is 5.32 Å². The van der Waals surface area contributed by atoms with E-state index in [1.807, 2.05) is 73.7 Å². The average Bonchev–Trinajstić information content (AvgIpc) is 3.27. The van der Waals surface area contributed by atoms with Crippen molar-refractivity contribution in [1.29, 1.82) is 0 Å². The Morgan fingerprint density at radius 3 is 2.30 bits per heavy atom. The number of carbonyl (C=O) groups excluding carboxylic acids is 2. The standard InChI is InChI=1S/C26H23ClN4O2/c1-2-30(26(33)20-12-9-13-21(27)16-20)18-25(32)28-24-17-23(19-10-5-3-6-11-19)29-31(24)22-14-7-4-8-15-22/h3-17H,2,18H2,1H3,(H,28,32). The number of amides is 2. The van der Waals surface area contributed by atoms with Crippen molar-refractivity contribution in [3.8, 4) is 16.9 Å². The first kappa shape index (κ1) is 22.3. The summed E-state index contributed by atoms with van der Waals surface area (Å²) in [7, 11) is 0. The van der Waals surface area contributed by atoms with Crippen LogP contribution >= 0.6 is 11.6 Å². The molecule has 0 saturated carbocycles. The lowest BCUT2D eigenvalue weighted by molar-refractivity contribution is -0.116. The van der Waals surface area contributed by atoms with Crippen LogP contribution in [0.4, 0.5) is 5.82 Å². The Morgan fingerprint density at radius 1 is 0.939 bits per heavy atom. The minimum atomic E-state index is -0.316. The van der Waals surface area contributed by atoms with E-state index in [4.69, 9.17) is 16.7 Å². The van der Waals surface area contributed by atoms with Crippen molar-refractivity contribution in [2.24, 2.45) is 0 Å².